The van der Waals surface area contributed by atoms with Crippen LogP contribution in [-0.2, 0) is 0 Å². The van der Waals surface area contributed by atoms with Gasteiger partial charge in [0.25, 0.3) is 0 Å². The number of tetrazole rings is 1. The van der Waals surface area contributed by atoms with Crippen molar-refractivity contribution >= 4 is 11.9 Å². The number of nitrogens with one attached hydrogen (secondary N) is 2. The first kappa shape index (κ1) is 12.8. The standard InChI is InChI=1S/C14H12N6O/c21-13-7-2-1-4-11(13)9-15-16-12-6-3-5-10(8-12)14-17-19-20-18-14/h1-9,16,21H,(H,17,18,19,20). The van der Waals surface area contributed by atoms with Gasteiger partial charge in [-0.1, -0.05) is 24.3 Å². The molecule has 1 heterocycles. The van der Waals surface area contributed by atoms with Gasteiger partial charge in [0, 0.05) is 11.1 Å². The number of hydrazone groups is 1. The second-order valence-electron chi connectivity index (χ2n) is 4.25. The third-order valence-corrected chi connectivity index (χ3v) is 2.80. The molecular formula is C14H12N6O. The van der Waals surface area contributed by atoms with E-state index in [1.807, 2.05) is 30.3 Å². The Labute approximate surface area is 120 Å². The van der Waals surface area contributed by atoms with Gasteiger partial charge < -0.3 is 5.11 Å². The van der Waals surface area contributed by atoms with E-state index in [9.17, 15) is 5.11 Å². The molecule has 0 amide bonds. The molecule has 104 valence electrons. The molecule has 7 heteroatoms. The van der Waals surface area contributed by atoms with Gasteiger partial charge in [0.1, 0.15) is 5.75 Å². The van der Waals surface area contributed by atoms with Gasteiger partial charge in [-0.3, -0.25) is 5.43 Å². The van der Waals surface area contributed by atoms with E-state index < -0.39 is 0 Å². The summed E-state index contributed by atoms with van der Waals surface area (Å²) in [6.07, 6.45) is 1.55. The molecule has 0 saturated carbocycles. The molecule has 0 atom stereocenters. The lowest BCUT2D eigenvalue weighted by atomic mass is 10.2. The van der Waals surface area contributed by atoms with E-state index in [0.29, 0.717) is 11.4 Å². The quantitative estimate of drug-likeness (QED) is 0.501. The van der Waals surface area contributed by atoms with Gasteiger partial charge in [-0.25, -0.2) is 0 Å². The van der Waals surface area contributed by atoms with Crippen LogP contribution >= 0.6 is 0 Å². The summed E-state index contributed by atoms with van der Waals surface area (Å²) in [5.74, 6) is 0.701. The molecule has 1 aromatic heterocycles. The number of hydrogen-bond donors (Lipinski definition) is 3. The zero-order chi connectivity index (χ0) is 14.5. The fourth-order valence-corrected chi connectivity index (χ4v) is 1.78. The average Bonchev–Trinajstić information content (AvgIpc) is 3.04. The minimum Gasteiger partial charge on any atom is -0.507 e. The summed E-state index contributed by atoms with van der Waals surface area (Å²) < 4.78 is 0. The molecule has 0 bridgehead atoms. The summed E-state index contributed by atoms with van der Waals surface area (Å²) in [6.45, 7) is 0. The number of phenolic OH excluding ortho intramolecular Hbond substituents is 1. The zero-order valence-corrected chi connectivity index (χ0v) is 10.9. The number of nitrogens with zero attached hydrogens (tertiary/aromatic N) is 4. The Hall–Kier alpha value is -3.22. The molecule has 0 unspecified atom stereocenters. The topological polar surface area (TPSA) is 99.1 Å². The zero-order valence-electron chi connectivity index (χ0n) is 10.9. The summed E-state index contributed by atoms with van der Waals surface area (Å²) in [6, 6.07) is 14.4. The van der Waals surface area contributed by atoms with Crippen molar-refractivity contribution in [1.29, 1.82) is 0 Å². The van der Waals surface area contributed by atoms with E-state index in [-0.39, 0.29) is 5.75 Å². The largest absolute Gasteiger partial charge is 0.507 e. The molecule has 3 rings (SSSR count). The molecule has 3 aromatic rings. The van der Waals surface area contributed by atoms with Gasteiger partial charge in [0.05, 0.1) is 11.9 Å². The maximum absolute atomic E-state index is 9.63. The first-order valence-corrected chi connectivity index (χ1v) is 6.24. The van der Waals surface area contributed by atoms with Crippen LogP contribution in [0.2, 0.25) is 0 Å². The van der Waals surface area contributed by atoms with Crippen molar-refractivity contribution in [2.75, 3.05) is 5.43 Å². The average molecular weight is 280 g/mol. The van der Waals surface area contributed by atoms with Crippen LogP contribution < -0.4 is 5.43 Å². The Morgan fingerprint density at radius 1 is 1.14 bits per heavy atom. The van der Waals surface area contributed by atoms with Crippen LogP contribution in [-0.4, -0.2) is 31.9 Å². The lowest BCUT2D eigenvalue weighted by Crippen LogP contribution is -1.91. The first-order chi connectivity index (χ1) is 10.3. The van der Waals surface area contributed by atoms with Crippen LogP contribution in [0, 0.1) is 0 Å². The highest BCUT2D eigenvalue weighted by Gasteiger charge is 2.02. The van der Waals surface area contributed by atoms with Crippen molar-refractivity contribution in [3.05, 3.63) is 54.1 Å². The van der Waals surface area contributed by atoms with Crippen molar-refractivity contribution in [2.45, 2.75) is 0 Å². The molecule has 0 aliphatic heterocycles. The number of anilines is 1. The van der Waals surface area contributed by atoms with Crippen LogP contribution in [0.5, 0.6) is 5.75 Å². The Bertz CT molecular complexity index is 754. The minimum absolute atomic E-state index is 0.184. The molecule has 0 aliphatic rings. The van der Waals surface area contributed by atoms with Gasteiger partial charge in [0.2, 0.25) is 5.82 Å². The summed E-state index contributed by atoms with van der Waals surface area (Å²) in [5.41, 5.74) is 5.14. The summed E-state index contributed by atoms with van der Waals surface area (Å²) in [7, 11) is 0. The maximum Gasteiger partial charge on any atom is 0.204 e. The third kappa shape index (κ3) is 3.03. The summed E-state index contributed by atoms with van der Waals surface area (Å²) >= 11 is 0. The third-order valence-electron chi connectivity index (χ3n) is 2.80. The highest BCUT2D eigenvalue weighted by atomic mass is 16.3. The second-order valence-corrected chi connectivity index (χ2v) is 4.25. The number of H-pyrrole nitrogens is 1. The van der Waals surface area contributed by atoms with Gasteiger partial charge in [0.15, 0.2) is 0 Å². The number of aromatic hydroxyl groups is 1. The molecule has 0 fully saturated rings. The Kier molecular flexibility index (Phi) is 3.55. The first-order valence-electron chi connectivity index (χ1n) is 6.24. The Balaban J connectivity index is 1.74. The predicted molar refractivity (Wildman–Crippen MR) is 78.9 cm³/mol. The van der Waals surface area contributed by atoms with Crippen LogP contribution in [0.3, 0.4) is 0 Å². The van der Waals surface area contributed by atoms with E-state index in [0.717, 1.165) is 11.3 Å². The molecule has 7 nitrogen and oxygen atoms in total. The van der Waals surface area contributed by atoms with Crippen LogP contribution in [0.1, 0.15) is 5.56 Å². The van der Waals surface area contributed by atoms with Crippen LogP contribution in [0.25, 0.3) is 11.4 Å². The van der Waals surface area contributed by atoms with Crippen molar-refractivity contribution in [3.8, 4) is 17.1 Å². The highest BCUT2D eigenvalue weighted by molar-refractivity contribution is 5.83. The molecule has 0 saturated heterocycles. The van der Waals surface area contributed by atoms with E-state index in [4.69, 9.17) is 0 Å². The van der Waals surface area contributed by atoms with E-state index in [1.54, 1.807) is 24.4 Å². The fraction of sp³-hybridized carbons (Fsp3) is 0. The van der Waals surface area contributed by atoms with E-state index in [2.05, 4.69) is 31.2 Å². The normalized spacial score (nSPS) is 10.9. The van der Waals surface area contributed by atoms with Crippen LogP contribution in [0.4, 0.5) is 5.69 Å². The van der Waals surface area contributed by atoms with Gasteiger partial charge in [-0.05, 0) is 29.5 Å². The number of aromatic amines is 1. The van der Waals surface area contributed by atoms with Crippen molar-refractivity contribution in [1.82, 2.24) is 20.6 Å². The van der Waals surface area contributed by atoms with Crippen molar-refractivity contribution < 1.29 is 5.11 Å². The number of rotatable bonds is 4. The van der Waals surface area contributed by atoms with Gasteiger partial charge >= 0.3 is 0 Å². The lowest BCUT2D eigenvalue weighted by molar-refractivity contribution is 0.474. The summed E-state index contributed by atoms with van der Waals surface area (Å²) in [5, 5.41) is 27.5. The number of para-hydroxylation sites is 1. The monoisotopic (exact) mass is 280 g/mol. The molecule has 21 heavy (non-hydrogen) atoms. The van der Waals surface area contributed by atoms with Crippen LogP contribution in [0.15, 0.2) is 53.6 Å². The van der Waals surface area contributed by atoms with E-state index in [1.165, 1.54) is 0 Å². The molecule has 2 aromatic carbocycles. The van der Waals surface area contributed by atoms with Gasteiger partial charge in [-0.2, -0.15) is 10.3 Å². The predicted octanol–water partition coefficient (Wildman–Crippen LogP) is 2.02. The van der Waals surface area contributed by atoms with E-state index >= 15 is 0 Å². The molecule has 0 spiro atoms. The number of benzene rings is 2. The molecule has 0 aliphatic carbocycles. The molecular weight excluding hydrogens is 268 g/mol. The minimum atomic E-state index is 0.184. The lowest BCUT2D eigenvalue weighted by Gasteiger charge is -2.02. The smallest absolute Gasteiger partial charge is 0.204 e. The maximum atomic E-state index is 9.63. The number of hydrogen-bond acceptors (Lipinski definition) is 6. The number of aromatic nitrogens is 4. The van der Waals surface area contributed by atoms with Crippen molar-refractivity contribution in [3.63, 3.8) is 0 Å². The number of phenols is 1. The second kappa shape index (κ2) is 5.83. The fourth-order valence-electron chi connectivity index (χ4n) is 1.78. The molecule has 3 N–H and O–H groups in total. The highest BCUT2D eigenvalue weighted by Crippen LogP contribution is 2.18. The molecule has 0 radical (unpaired) electrons. The van der Waals surface area contributed by atoms with Crippen molar-refractivity contribution in [2.24, 2.45) is 5.10 Å². The van der Waals surface area contributed by atoms with Gasteiger partial charge in [-0.15, -0.1) is 10.2 Å². The Morgan fingerprint density at radius 2 is 2.05 bits per heavy atom. The Morgan fingerprint density at radius 3 is 2.86 bits per heavy atom. The SMILES string of the molecule is Oc1ccccc1C=NNc1cccc(-c2nn[nH]n2)c1. The summed E-state index contributed by atoms with van der Waals surface area (Å²) in [4.78, 5) is 0.